The van der Waals surface area contributed by atoms with Gasteiger partial charge in [0.15, 0.2) is 0 Å². The molecule has 1 saturated heterocycles. The lowest BCUT2D eigenvalue weighted by Gasteiger charge is -2.47. The second-order valence-corrected chi connectivity index (χ2v) is 4.62. The van der Waals surface area contributed by atoms with E-state index < -0.39 is 17.6 Å². The molecule has 102 valence electrons. The smallest absolute Gasteiger partial charge is 0.329 e. The van der Waals surface area contributed by atoms with Gasteiger partial charge in [0.2, 0.25) is 0 Å². The highest BCUT2D eigenvalue weighted by molar-refractivity contribution is 5.82. The van der Waals surface area contributed by atoms with E-state index in [1.165, 1.54) is 0 Å². The molecule has 1 aliphatic heterocycles. The normalized spacial score (nSPS) is 19.4. The van der Waals surface area contributed by atoms with Crippen molar-refractivity contribution in [2.24, 2.45) is 0 Å². The molecule has 1 aliphatic rings. The van der Waals surface area contributed by atoms with Crippen LogP contribution in [-0.4, -0.2) is 29.1 Å². The van der Waals surface area contributed by atoms with E-state index in [2.05, 4.69) is 13.2 Å². The van der Waals surface area contributed by atoms with E-state index >= 15 is 0 Å². The lowest BCUT2D eigenvalue weighted by molar-refractivity contribution is -0.193. The molecule has 1 fully saturated rings. The van der Waals surface area contributed by atoms with Crippen LogP contribution in [0.2, 0.25) is 0 Å². The summed E-state index contributed by atoms with van der Waals surface area (Å²) in [4.78, 5) is 12.5. The van der Waals surface area contributed by atoms with Gasteiger partial charge in [0, 0.05) is 6.54 Å². The number of hydrogen-bond acceptors (Lipinski definition) is 1. The Labute approximate surface area is 105 Å². The maximum absolute atomic E-state index is 12.6. The standard InChI is InChI=1S/C13H18F3NO/c1-3-7-12(8-4-2)9-5-6-10-17(12)11(18)13(14,15)16/h3-4H,1-2,5-10H2. The molecule has 0 N–H and O–H groups in total. The minimum atomic E-state index is -4.81. The summed E-state index contributed by atoms with van der Waals surface area (Å²) >= 11 is 0. The fraction of sp³-hybridized carbons (Fsp3) is 0.615. The average molecular weight is 261 g/mol. The lowest BCUT2D eigenvalue weighted by Crippen LogP contribution is -2.57. The van der Waals surface area contributed by atoms with E-state index in [0.29, 0.717) is 25.7 Å². The summed E-state index contributed by atoms with van der Waals surface area (Å²) in [7, 11) is 0. The topological polar surface area (TPSA) is 20.3 Å². The van der Waals surface area contributed by atoms with Crippen LogP contribution in [0.25, 0.3) is 0 Å². The van der Waals surface area contributed by atoms with Crippen molar-refractivity contribution in [3.05, 3.63) is 25.3 Å². The molecule has 0 atom stereocenters. The predicted octanol–water partition coefficient (Wildman–Crippen LogP) is 3.45. The third kappa shape index (κ3) is 2.94. The molecule has 1 heterocycles. The molecule has 0 unspecified atom stereocenters. The average Bonchev–Trinajstić information content (AvgIpc) is 2.28. The zero-order valence-electron chi connectivity index (χ0n) is 10.3. The van der Waals surface area contributed by atoms with E-state index in [1.807, 2.05) is 0 Å². The van der Waals surface area contributed by atoms with Crippen LogP contribution in [0, 0.1) is 0 Å². The molecule has 1 amide bonds. The zero-order valence-corrected chi connectivity index (χ0v) is 10.3. The molecule has 0 spiro atoms. The van der Waals surface area contributed by atoms with Gasteiger partial charge in [0.05, 0.1) is 5.54 Å². The van der Waals surface area contributed by atoms with Crippen molar-refractivity contribution >= 4 is 5.91 Å². The molecule has 0 aromatic carbocycles. The Kier molecular flexibility index (Phi) is 4.59. The van der Waals surface area contributed by atoms with Gasteiger partial charge in [-0.2, -0.15) is 13.2 Å². The van der Waals surface area contributed by atoms with Gasteiger partial charge >= 0.3 is 12.1 Å². The Morgan fingerprint density at radius 2 is 1.78 bits per heavy atom. The largest absolute Gasteiger partial charge is 0.471 e. The Morgan fingerprint density at radius 1 is 1.22 bits per heavy atom. The quantitative estimate of drug-likeness (QED) is 0.710. The molecule has 0 bridgehead atoms. The number of likely N-dealkylation sites (tertiary alicyclic amines) is 1. The lowest BCUT2D eigenvalue weighted by atomic mass is 9.80. The van der Waals surface area contributed by atoms with Crippen LogP contribution in [0.15, 0.2) is 25.3 Å². The van der Waals surface area contributed by atoms with Crippen LogP contribution in [-0.2, 0) is 4.79 Å². The monoisotopic (exact) mass is 261 g/mol. The Bertz CT molecular complexity index is 326. The molecule has 0 aromatic rings. The summed E-state index contributed by atoms with van der Waals surface area (Å²) in [5.74, 6) is -1.74. The molecular weight excluding hydrogens is 243 g/mol. The molecular formula is C13H18F3NO. The van der Waals surface area contributed by atoms with Crippen LogP contribution in [0.4, 0.5) is 13.2 Å². The van der Waals surface area contributed by atoms with E-state index in [1.54, 1.807) is 12.2 Å². The number of halogens is 3. The van der Waals surface area contributed by atoms with Crippen molar-refractivity contribution in [2.75, 3.05) is 6.54 Å². The van der Waals surface area contributed by atoms with Crippen molar-refractivity contribution in [1.82, 2.24) is 4.90 Å². The summed E-state index contributed by atoms with van der Waals surface area (Å²) in [5, 5.41) is 0. The van der Waals surface area contributed by atoms with Gasteiger partial charge < -0.3 is 4.90 Å². The fourth-order valence-electron chi connectivity index (χ4n) is 2.61. The number of alkyl halides is 3. The predicted molar refractivity (Wildman–Crippen MR) is 64.0 cm³/mol. The van der Waals surface area contributed by atoms with Crippen molar-refractivity contribution in [2.45, 2.75) is 43.8 Å². The van der Waals surface area contributed by atoms with E-state index in [9.17, 15) is 18.0 Å². The summed E-state index contributed by atoms with van der Waals surface area (Å²) in [6, 6.07) is 0. The second kappa shape index (κ2) is 5.59. The molecule has 1 rings (SSSR count). The van der Waals surface area contributed by atoms with E-state index in [4.69, 9.17) is 0 Å². The first-order chi connectivity index (χ1) is 8.37. The van der Waals surface area contributed by atoms with Crippen molar-refractivity contribution in [3.8, 4) is 0 Å². The molecule has 2 nitrogen and oxygen atoms in total. The molecule has 0 aliphatic carbocycles. The van der Waals surface area contributed by atoms with Crippen molar-refractivity contribution < 1.29 is 18.0 Å². The molecule has 0 saturated carbocycles. The Balaban J connectivity index is 3.05. The summed E-state index contributed by atoms with van der Waals surface area (Å²) in [6.45, 7) is 7.32. The number of nitrogens with zero attached hydrogens (tertiary/aromatic N) is 1. The van der Waals surface area contributed by atoms with Gasteiger partial charge in [-0.05, 0) is 32.1 Å². The molecule has 0 aromatic heterocycles. The second-order valence-electron chi connectivity index (χ2n) is 4.62. The highest BCUT2D eigenvalue weighted by atomic mass is 19.4. The number of carbonyl (C=O) groups excluding carboxylic acids is 1. The molecule has 18 heavy (non-hydrogen) atoms. The van der Waals surface area contributed by atoms with Crippen LogP contribution >= 0.6 is 0 Å². The van der Waals surface area contributed by atoms with Crippen LogP contribution < -0.4 is 0 Å². The fourth-order valence-corrected chi connectivity index (χ4v) is 2.61. The first-order valence-electron chi connectivity index (χ1n) is 5.98. The maximum Gasteiger partial charge on any atom is 0.471 e. The zero-order chi connectivity index (χ0) is 13.8. The van der Waals surface area contributed by atoms with Crippen LogP contribution in [0.5, 0.6) is 0 Å². The number of hydrogen-bond donors (Lipinski definition) is 0. The van der Waals surface area contributed by atoms with Crippen LogP contribution in [0.3, 0.4) is 0 Å². The summed E-state index contributed by atoms with van der Waals surface area (Å²) < 4.78 is 37.8. The van der Waals surface area contributed by atoms with Gasteiger partial charge in [0.1, 0.15) is 0 Å². The minimum Gasteiger partial charge on any atom is -0.329 e. The number of piperidine rings is 1. The Morgan fingerprint density at radius 3 is 2.22 bits per heavy atom. The third-order valence-corrected chi connectivity index (χ3v) is 3.38. The molecule has 5 heteroatoms. The number of amides is 1. The maximum atomic E-state index is 12.6. The Hall–Kier alpha value is -1.26. The number of carbonyl (C=O) groups is 1. The third-order valence-electron chi connectivity index (χ3n) is 3.38. The van der Waals surface area contributed by atoms with Crippen molar-refractivity contribution in [3.63, 3.8) is 0 Å². The first-order valence-corrected chi connectivity index (χ1v) is 5.98. The highest BCUT2D eigenvalue weighted by Gasteiger charge is 2.49. The van der Waals surface area contributed by atoms with Gasteiger partial charge in [-0.25, -0.2) is 0 Å². The van der Waals surface area contributed by atoms with Gasteiger partial charge in [-0.15, -0.1) is 13.2 Å². The SMILES string of the molecule is C=CCC1(CC=C)CCCCN1C(=O)C(F)(F)F. The number of rotatable bonds is 4. The first kappa shape index (κ1) is 14.8. The summed E-state index contributed by atoms with van der Waals surface area (Å²) in [5.41, 5.74) is -0.797. The molecule has 0 radical (unpaired) electrons. The highest BCUT2D eigenvalue weighted by Crippen LogP contribution is 2.37. The van der Waals surface area contributed by atoms with Crippen LogP contribution in [0.1, 0.15) is 32.1 Å². The van der Waals surface area contributed by atoms with E-state index in [-0.39, 0.29) is 6.54 Å². The minimum absolute atomic E-state index is 0.153. The van der Waals surface area contributed by atoms with Gasteiger partial charge in [-0.1, -0.05) is 12.2 Å². The van der Waals surface area contributed by atoms with E-state index in [0.717, 1.165) is 11.3 Å². The van der Waals surface area contributed by atoms with Gasteiger partial charge in [0.25, 0.3) is 0 Å². The summed E-state index contributed by atoms with van der Waals surface area (Å²) in [6.07, 6.45) is 1.05. The van der Waals surface area contributed by atoms with Gasteiger partial charge in [-0.3, -0.25) is 4.79 Å². The van der Waals surface area contributed by atoms with Crippen molar-refractivity contribution in [1.29, 1.82) is 0 Å².